The standard InChI is InChI=1S/C19H21FN2O3/c1-3-13-7-4-5-10-16(13)22-19(24)18(23)21-12-17(25-2)14-8-6-9-15(20)11-14/h4-11,17H,3,12H2,1-2H3,(H,21,23)(H,22,24). The van der Waals surface area contributed by atoms with E-state index in [0.717, 1.165) is 12.0 Å². The van der Waals surface area contributed by atoms with Crippen LogP contribution in [0.2, 0.25) is 0 Å². The Morgan fingerprint density at radius 3 is 2.56 bits per heavy atom. The topological polar surface area (TPSA) is 67.4 Å². The number of anilines is 1. The minimum Gasteiger partial charge on any atom is -0.375 e. The normalized spacial score (nSPS) is 11.6. The Kier molecular flexibility index (Phi) is 6.65. The minimum absolute atomic E-state index is 0.0572. The van der Waals surface area contributed by atoms with Crippen LogP contribution in [0, 0.1) is 5.82 Å². The molecular formula is C19H21FN2O3. The molecule has 0 bridgehead atoms. The molecule has 2 amide bonds. The second kappa shape index (κ2) is 8.94. The van der Waals surface area contributed by atoms with Crippen LogP contribution in [0.25, 0.3) is 0 Å². The third kappa shape index (κ3) is 5.12. The predicted octanol–water partition coefficient (Wildman–Crippen LogP) is 2.83. The molecule has 5 nitrogen and oxygen atoms in total. The van der Waals surface area contributed by atoms with E-state index < -0.39 is 17.9 Å². The summed E-state index contributed by atoms with van der Waals surface area (Å²) >= 11 is 0. The maximum absolute atomic E-state index is 13.3. The van der Waals surface area contributed by atoms with Gasteiger partial charge in [-0.1, -0.05) is 37.3 Å². The van der Waals surface area contributed by atoms with Gasteiger partial charge in [0.05, 0.1) is 6.10 Å². The second-order valence-corrected chi connectivity index (χ2v) is 5.45. The van der Waals surface area contributed by atoms with Crippen molar-refractivity contribution in [1.29, 1.82) is 0 Å². The van der Waals surface area contributed by atoms with Crippen molar-refractivity contribution in [2.24, 2.45) is 0 Å². The zero-order valence-electron chi connectivity index (χ0n) is 14.2. The number of ether oxygens (including phenoxy) is 1. The number of nitrogens with one attached hydrogen (secondary N) is 2. The molecule has 0 aliphatic rings. The summed E-state index contributed by atoms with van der Waals surface area (Å²) in [6, 6.07) is 13.2. The van der Waals surface area contributed by atoms with Crippen LogP contribution in [0.5, 0.6) is 0 Å². The van der Waals surface area contributed by atoms with Gasteiger partial charge in [-0.15, -0.1) is 0 Å². The Balaban J connectivity index is 1.95. The molecule has 132 valence electrons. The lowest BCUT2D eigenvalue weighted by Crippen LogP contribution is -2.38. The number of carbonyl (C=O) groups excluding carboxylic acids is 2. The van der Waals surface area contributed by atoms with E-state index in [0.29, 0.717) is 11.3 Å². The number of para-hydroxylation sites is 1. The quantitative estimate of drug-likeness (QED) is 0.792. The number of aryl methyl sites for hydroxylation is 1. The predicted molar refractivity (Wildman–Crippen MR) is 93.6 cm³/mol. The fraction of sp³-hybridized carbons (Fsp3) is 0.263. The molecule has 1 atom stereocenters. The molecule has 1 unspecified atom stereocenters. The van der Waals surface area contributed by atoms with Gasteiger partial charge in [-0.2, -0.15) is 0 Å². The SMILES string of the molecule is CCc1ccccc1NC(=O)C(=O)NCC(OC)c1cccc(F)c1. The van der Waals surface area contributed by atoms with Crippen molar-refractivity contribution in [1.82, 2.24) is 5.32 Å². The lowest BCUT2D eigenvalue weighted by atomic mass is 10.1. The van der Waals surface area contributed by atoms with Gasteiger partial charge in [0.2, 0.25) is 0 Å². The number of halogens is 1. The molecule has 2 rings (SSSR count). The van der Waals surface area contributed by atoms with Crippen LogP contribution in [0.1, 0.15) is 24.2 Å². The summed E-state index contributed by atoms with van der Waals surface area (Å²) in [5, 5.41) is 5.11. The zero-order chi connectivity index (χ0) is 18.2. The van der Waals surface area contributed by atoms with E-state index >= 15 is 0 Å². The molecule has 2 aromatic carbocycles. The maximum atomic E-state index is 13.3. The smallest absolute Gasteiger partial charge is 0.313 e. The number of methoxy groups -OCH3 is 1. The van der Waals surface area contributed by atoms with Crippen LogP contribution >= 0.6 is 0 Å². The van der Waals surface area contributed by atoms with E-state index in [1.165, 1.54) is 19.2 Å². The summed E-state index contributed by atoms with van der Waals surface area (Å²) in [6.07, 6.45) is 0.194. The molecule has 0 heterocycles. The van der Waals surface area contributed by atoms with Gasteiger partial charge in [0.15, 0.2) is 0 Å². The lowest BCUT2D eigenvalue weighted by Gasteiger charge is -2.16. The van der Waals surface area contributed by atoms with Crippen molar-refractivity contribution < 1.29 is 18.7 Å². The number of benzene rings is 2. The third-order valence-corrected chi connectivity index (χ3v) is 3.81. The number of hydrogen-bond donors (Lipinski definition) is 2. The van der Waals surface area contributed by atoms with E-state index in [1.807, 2.05) is 19.1 Å². The van der Waals surface area contributed by atoms with Gasteiger partial charge in [-0.3, -0.25) is 9.59 Å². The Hall–Kier alpha value is -2.73. The molecule has 0 aliphatic heterocycles. The first-order chi connectivity index (χ1) is 12.0. The van der Waals surface area contributed by atoms with Crippen LogP contribution in [0.15, 0.2) is 48.5 Å². The summed E-state index contributed by atoms with van der Waals surface area (Å²) in [7, 11) is 1.46. The van der Waals surface area contributed by atoms with Crippen molar-refractivity contribution >= 4 is 17.5 Å². The highest BCUT2D eigenvalue weighted by molar-refractivity contribution is 6.39. The first kappa shape index (κ1) is 18.6. The van der Waals surface area contributed by atoms with E-state index in [4.69, 9.17) is 4.74 Å². The number of rotatable bonds is 6. The molecule has 2 N–H and O–H groups in total. The second-order valence-electron chi connectivity index (χ2n) is 5.45. The Morgan fingerprint density at radius 1 is 1.12 bits per heavy atom. The van der Waals surface area contributed by atoms with E-state index in [9.17, 15) is 14.0 Å². The van der Waals surface area contributed by atoms with Crippen molar-refractivity contribution in [3.8, 4) is 0 Å². The number of amides is 2. The first-order valence-electron chi connectivity index (χ1n) is 8.00. The summed E-state index contributed by atoms with van der Waals surface area (Å²) in [4.78, 5) is 24.1. The van der Waals surface area contributed by atoms with Gasteiger partial charge in [-0.05, 0) is 35.7 Å². The van der Waals surface area contributed by atoms with Gasteiger partial charge in [-0.25, -0.2) is 4.39 Å². The van der Waals surface area contributed by atoms with Crippen LogP contribution < -0.4 is 10.6 Å². The van der Waals surface area contributed by atoms with E-state index in [2.05, 4.69) is 10.6 Å². The van der Waals surface area contributed by atoms with Crippen molar-refractivity contribution in [3.05, 3.63) is 65.5 Å². The molecule has 6 heteroatoms. The average molecular weight is 344 g/mol. The molecule has 2 aromatic rings. The molecule has 0 radical (unpaired) electrons. The Bertz CT molecular complexity index is 749. The van der Waals surface area contributed by atoms with Gasteiger partial charge in [0.1, 0.15) is 5.82 Å². The largest absolute Gasteiger partial charge is 0.375 e. The van der Waals surface area contributed by atoms with E-state index in [1.54, 1.807) is 24.3 Å². The fourth-order valence-electron chi connectivity index (χ4n) is 2.44. The molecule has 0 aromatic heterocycles. The van der Waals surface area contributed by atoms with Crippen LogP contribution in [-0.2, 0) is 20.7 Å². The number of hydrogen-bond acceptors (Lipinski definition) is 3. The van der Waals surface area contributed by atoms with Crippen LogP contribution in [-0.4, -0.2) is 25.5 Å². The average Bonchev–Trinajstić information content (AvgIpc) is 2.62. The minimum atomic E-state index is -0.774. The van der Waals surface area contributed by atoms with Gasteiger partial charge >= 0.3 is 11.8 Å². The summed E-state index contributed by atoms with van der Waals surface area (Å²) in [5.74, 6) is -1.92. The van der Waals surface area contributed by atoms with Crippen LogP contribution in [0.3, 0.4) is 0 Å². The maximum Gasteiger partial charge on any atom is 0.313 e. The highest BCUT2D eigenvalue weighted by Crippen LogP contribution is 2.17. The molecule has 0 saturated heterocycles. The molecule has 0 aliphatic carbocycles. The highest BCUT2D eigenvalue weighted by Gasteiger charge is 2.18. The molecule has 0 fully saturated rings. The summed E-state index contributed by atoms with van der Waals surface area (Å²) < 4.78 is 18.6. The highest BCUT2D eigenvalue weighted by atomic mass is 19.1. The Morgan fingerprint density at radius 2 is 1.88 bits per heavy atom. The molecule has 25 heavy (non-hydrogen) atoms. The number of carbonyl (C=O) groups is 2. The van der Waals surface area contributed by atoms with Crippen molar-refractivity contribution in [2.75, 3.05) is 19.0 Å². The fourth-order valence-corrected chi connectivity index (χ4v) is 2.44. The molecule has 0 spiro atoms. The van der Waals surface area contributed by atoms with Crippen molar-refractivity contribution in [3.63, 3.8) is 0 Å². The monoisotopic (exact) mass is 344 g/mol. The molecular weight excluding hydrogens is 323 g/mol. The zero-order valence-corrected chi connectivity index (χ0v) is 14.2. The summed E-state index contributed by atoms with van der Waals surface area (Å²) in [5.41, 5.74) is 2.14. The van der Waals surface area contributed by atoms with E-state index in [-0.39, 0.29) is 12.4 Å². The van der Waals surface area contributed by atoms with Gasteiger partial charge < -0.3 is 15.4 Å². The Labute approximate surface area is 146 Å². The van der Waals surface area contributed by atoms with Crippen LogP contribution in [0.4, 0.5) is 10.1 Å². The van der Waals surface area contributed by atoms with Crippen molar-refractivity contribution in [2.45, 2.75) is 19.4 Å². The van der Waals surface area contributed by atoms with Gasteiger partial charge in [0, 0.05) is 19.3 Å². The third-order valence-electron chi connectivity index (χ3n) is 3.81. The first-order valence-corrected chi connectivity index (χ1v) is 8.00. The van der Waals surface area contributed by atoms with Gasteiger partial charge in [0.25, 0.3) is 0 Å². The molecule has 0 saturated carbocycles. The lowest BCUT2D eigenvalue weighted by molar-refractivity contribution is -0.136. The summed E-state index contributed by atoms with van der Waals surface area (Å²) in [6.45, 7) is 2.02.